The first-order chi connectivity index (χ1) is 4.98. The molecule has 0 radical (unpaired) electrons. The van der Waals surface area contributed by atoms with Gasteiger partial charge in [0.2, 0.25) is 0 Å². The molecule has 1 nitrogen and oxygen atoms in total. The van der Waals surface area contributed by atoms with E-state index < -0.39 is 0 Å². The SMILES string of the molecule is CCNC(C)(C)CCC(C)C. The number of hydrogen-bond donors (Lipinski definition) is 1. The lowest BCUT2D eigenvalue weighted by molar-refractivity contribution is 0.339. The maximum Gasteiger partial charge on any atom is 0.0125 e. The zero-order chi connectivity index (χ0) is 8.91. The number of hydrogen-bond acceptors (Lipinski definition) is 1. The molecule has 11 heavy (non-hydrogen) atoms. The van der Waals surface area contributed by atoms with E-state index in [4.69, 9.17) is 0 Å². The summed E-state index contributed by atoms with van der Waals surface area (Å²) in [6.45, 7) is 12.4. The summed E-state index contributed by atoms with van der Waals surface area (Å²) in [7, 11) is 0. The Kier molecular flexibility index (Phi) is 4.74. The van der Waals surface area contributed by atoms with Crippen LogP contribution in [0.25, 0.3) is 0 Å². The maximum atomic E-state index is 3.48. The molecule has 0 saturated carbocycles. The second-order valence-corrected chi connectivity index (χ2v) is 4.35. The monoisotopic (exact) mass is 157 g/mol. The van der Waals surface area contributed by atoms with Crippen molar-refractivity contribution in [2.75, 3.05) is 6.54 Å². The van der Waals surface area contributed by atoms with E-state index in [0.29, 0.717) is 5.54 Å². The van der Waals surface area contributed by atoms with Gasteiger partial charge in [0.25, 0.3) is 0 Å². The third-order valence-corrected chi connectivity index (χ3v) is 2.00. The van der Waals surface area contributed by atoms with Crippen LogP contribution in [0.1, 0.15) is 47.5 Å². The summed E-state index contributed by atoms with van der Waals surface area (Å²) in [6.07, 6.45) is 2.60. The molecule has 0 heterocycles. The van der Waals surface area contributed by atoms with Gasteiger partial charge in [0.1, 0.15) is 0 Å². The number of rotatable bonds is 5. The minimum absolute atomic E-state index is 0.332. The summed E-state index contributed by atoms with van der Waals surface area (Å²) in [5.41, 5.74) is 0.332. The molecule has 1 N–H and O–H groups in total. The van der Waals surface area contributed by atoms with E-state index in [0.717, 1.165) is 12.5 Å². The van der Waals surface area contributed by atoms with Crippen LogP contribution in [0.3, 0.4) is 0 Å². The molecule has 0 saturated heterocycles. The van der Waals surface area contributed by atoms with Gasteiger partial charge in [-0.2, -0.15) is 0 Å². The molecule has 0 aromatic rings. The lowest BCUT2D eigenvalue weighted by Crippen LogP contribution is -2.39. The Morgan fingerprint density at radius 1 is 1.27 bits per heavy atom. The van der Waals surface area contributed by atoms with E-state index in [2.05, 4.69) is 39.9 Å². The molecule has 0 aromatic carbocycles. The predicted octanol–water partition coefficient (Wildman–Crippen LogP) is 2.81. The van der Waals surface area contributed by atoms with Crippen molar-refractivity contribution in [2.24, 2.45) is 5.92 Å². The van der Waals surface area contributed by atoms with Gasteiger partial charge < -0.3 is 5.32 Å². The Morgan fingerprint density at radius 3 is 2.18 bits per heavy atom. The van der Waals surface area contributed by atoms with Crippen molar-refractivity contribution < 1.29 is 0 Å². The zero-order valence-corrected chi connectivity index (χ0v) is 8.70. The Balaban J connectivity index is 3.54. The van der Waals surface area contributed by atoms with E-state index >= 15 is 0 Å². The van der Waals surface area contributed by atoms with Crippen molar-refractivity contribution >= 4 is 0 Å². The summed E-state index contributed by atoms with van der Waals surface area (Å²) in [5.74, 6) is 0.827. The fourth-order valence-corrected chi connectivity index (χ4v) is 1.22. The van der Waals surface area contributed by atoms with Crippen molar-refractivity contribution in [2.45, 2.75) is 53.0 Å². The van der Waals surface area contributed by atoms with Gasteiger partial charge in [0, 0.05) is 5.54 Å². The summed E-state index contributed by atoms with van der Waals surface area (Å²) >= 11 is 0. The van der Waals surface area contributed by atoms with Crippen LogP contribution in [0.4, 0.5) is 0 Å². The summed E-state index contributed by atoms with van der Waals surface area (Å²) < 4.78 is 0. The highest BCUT2D eigenvalue weighted by molar-refractivity contribution is 4.76. The molecule has 0 aromatic heterocycles. The van der Waals surface area contributed by atoms with Crippen LogP contribution in [0, 0.1) is 5.92 Å². The van der Waals surface area contributed by atoms with E-state index in [1.54, 1.807) is 0 Å². The molecular formula is C10H23N. The molecule has 0 aliphatic rings. The second-order valence-electron chi connectivity index (χ2n) is 4.35. The standard InChI is InChI=1S/C10H23N/c1-6-11-10(4,5)8-7-9(2)3/h9,11H,6-8H2,1-5H3. The minimum Gasteiger partial charge on any atom is -0.312 e. The van der Waals surface area contributed by atoms with E-state index in [-0.39, 0.29) is 0 Å². The van der Waals surface area contributed by atoms with Gasteiger partial charge in [-0.25, -0.2) is 0 Å². The van der Waals surface area contributed by atoms with Crippen molar-refractivity contribution in [3.8, 4) is 0 Å². The lowest BCUT2D eigenvalue weighted by Gasteiger charge is -2.26. The van der Waals surface area contributed by atoms with Crippen LogP contribution in [-0.2, 0) is 0 Å². The molecule has 0 aliphatic carbocycles. The third-order valence-electron chi connectivity index (χ3n) is 2.00. The zero-order valence-electron chi connectivity index (χ0n) is 8.70. The Morgan fingerprint density at radius 2 is 1.82 bits per heavy atom. The number of nitrogens with one attached hydrogen (secondary N) is 1. The predicted molar refractivity (Wildman–Crippen MR) is 51.8 cm³/mol. The molecule has 0 fully saturated rings. The van der Waals surface area contributed by atoms with Crippen molar-refractivity contribution in [1.82, 2.24) is 5.32 Å². The normalized spacial score (nSPS) is 12.5. The van der Waals surface area contributed by atoms with Crippen molar-refractivity contribution in [3.05, 3.63) is 0 Å². The summed E-state index contributed by atoms with van der Waals surface area (Å²) in [5, 5.41) is 3.48. The van der Waals surface area contributed by atoms with Crippen LogP contribution in [0.5, 0.6) is 0 Å². The van der Waals surface area contributed by atoms with Gasteiger partial charge in [-0.15, -0.1) is 0 Å². The average molecular weight is 157 g/mol. The lowest BCUT2D eigenvalue weighted by atomic mass is 9.94. The molecule has 0 unspecified atom stereocenters. The second kappa shape index (κ2) is 4.76. The van der Waals surface area contributed by atoms with Gasteiger partial charge in [0.05, 0.1) is 0 Å². The van der Waals surface area contributed by atoms with Gasteiger partial charge >= 0.3 is 0 Å². The van der Waals surface area contributed by atoms with Gasteiger partial charge in [0.15, 0.2) is 0 Å². The van der Waals surface area contributed by atoms with Gasteiger partial charge in [-0.3, -0.25) is 0 Å². The molecule has 1 heteroatoms. The highest BCUT2D eigenvalue weighted by atomic mass is 14.9. The first kappa shape index (κ1) is 11.0. The van der Waals surface area contributed by atoms with Gasteiger partial charge in [-0.1, -0.05) is 20.8 Å². The Bertz CT molecular complexity index is 95.0. The molecule has 0 rings (SSSR count). The highest BCUT2D eigenvalue weighted by Gasteiger charge is 2.15. The molecule has 0 bridgehead atoms. The molecule has 0 spiro atoms. The Labute approximate surface area is 71.6 Å². The largest absolute Gasteiger partial charge is 0.312 e. The highest BCUT2D eigenvalue weighted by Crippen LogP contribution is 2.15. The van der Waals surface area contributed by atoms with E-state index in [1.165, 1.54) is 12.8 Å². The van der Waals surface area contributed by atoms with Crippen LogP contribution >= 0.6 is 0 Å². The molecule has 0 amide bonds. The summed E-state index contributed by atoms with van der Waals surface area (Å²) in [4.78, 5) is 0. The van der Waals surface area contributed by atoms with Crippen LogP contribution in [0.2, 0.25) is 0 Å². The molecule has 68 valence electrons. The average Bonchev–Trinajstić information content (AvgIpc) is 1.84. The fraction of sp³-hybridized carbons (Fsp3) is 1.00. The topological polar surface area (TPSA) is 12.0 Å². The Hall–Kier alpha value is -0.0400. The summed E-state index contributed by atoms with van der Waals surface area (Å²) in [6, 6.07) is 0. The van der Waals surface area contributed by atoms with E-state index in [1.807, 2.05) is 0 Å². The smallest absolute Gasteiger partial charge is 0.0125 e. The van der Waals surface area contributed by atoms with E-state index in [9.17, 15) is 0 Å². The fourth-order valence-electron chi connectivity index (χ4n) is 1.22. The molecular weight excluding hydrogens is 134 g/mol. The molecule has 0 atom stereocenters. The quantitative estimate of drug-likeness (QED) is 0.647. The third kappa shape index (κ3) is 6.36. The first-order valence-electron chi connectivity index (χ1n) is 4.73. The van der Waals surface area contributed by atoms with Crippen molar-refractivity contribution in [3.63, 3.8) is 0 Å². The minimum atomic E-state index is 0.332. The maximum absolute atomic E-state index is 3.48. The molecule has 0 aliphatic heterocycles. The van der Waals surface area contributed by atoms with Gasteiger partial charge in [-0.05, 0) is 39.2 Å². The van der Waals surface area contributed by atoms with Crippen LogP contribution < -0.4 is 5.32 Å². The van der Waals surface area contributed by atoms with Crippen LogP contribution in [-0.4, -0.2) is 12.1 Å². The van der Waals surface area contributed by atoms with Crippen molar-refractivity contribution in [1.29, 1.82) is 0 Å². The first-order valence-corrected chi connectivity index (χ1v) is 4.73. The van der Waals surface area contributed by atoms with Crippen LogP contribution in [0.15, 0.2) is 0 Å².